The van der Waals surface area contributed by atoms with Crippen molar-refractivity contribution >= 4 is 17.5 Å². The topological polar surface area (TPSA) is 78.9 Å². The van der Waals surface area contributed by atoms with Crippen LogP contribution in [0.2, 0.25) is 0 Å². The van der Waals surface area contributed by atoms with Crippen LogP contribution in [0, 0.1) is 0 Å². The lowest BCUT2D eigenvalue weighted by atomic mass is 10.1. The number of rotatable bonds is 4. The number of fused-ring (bicyclic) bond motifs is 1. The van der Waals surface area contributed by atoms with E-state index >= 15 is 0 Å². The van der Waals surface area contributed by atoms with Crippen molar-refractivity contribution in [1.29, 1.82) is 0 Å². The predicted molar refractivity (Wildman–Crippen MR) is 83.7 cm³/mol. The number of hydrogen-bond acceptors (Lipinski definition) is 4. The summed E-state index contributed by atoms with van der Waals surface area (Å²) < 4.78 is 5.40. The lowest BCUT2D eigenvalue weighted by molar-refractivity contribution is -0.121. The van der Waals surface area contributed by atoms with Crippen LogP contribution in [-0.2, 0) is 11.2 Å². The van der Waals surface area contributed by atoms with Crippen LogP contribution >= 0.6 is 0 Å². The molecule has 0 radical (unpaired) electrons. The van der Waals surface area contributed by atoms with Crippen molar-refractivity contribution in [2.75, 3.05) is 18.1 Å². The molecule has 6 heteroatoms. The molecule has 0 aromatic heterocycles. The number of nitrogens with one attached hydrogen (secondary N) is 1. The Labute approximate surface area is 133 Å². The summed E-state index contributed by atoms with van der Waals surface area (Å²) in [5, 5.41) is 8.75. The molecule has 1 aliphatic rings. The van der Waals surface area contributed by atoms with E-state index in [4.69, 9.17) is 9.94 Å². The molecular weight excluding hydrogens is 296 g/mol. The normalized spacial score (nSPS) is 13.3. The molecule has 23 heavy (non-hydrogen) atoms. The molecule has 6 nitrogen and oxygen atoms in total. The van der Waals surface area contributed by atoms with Crippen LogP contribution < -0.4 is 15.1 Å². The van der Waals surface area contributed by atoms with E-state index < -0.39 is 5.91 Å². The Bertz CT molecular complexity index is 731. The zero-order valence-electron chi connectivity index (χ0n) is 12.4. The molecule has 0 saturated heterocycles. The number of hydrogen-bond donors (Lipinski definition) is 2. The van der Waals surface area contributed by atoms with Crippen LogP contribution in [0.4, 0.5) is 5.69 Å². The van der Waals surface area contributed by atoms with E-state index in [1.807, 2.05) is 30.3 Å². The van der Waals surface area contributed by atoms with E-state index in [0.717, 1.165) is 5.56 Å². The van der Waals surface area contributed by atoms with Crippen molar-refractivity contribution in [3.63, 3.8) is 0 Å². The number of hydroxylamine groups is 1. The summed E-state index contributed by atoms with van der Waals surface area (Å²) in [4.78, 5) is 25.4. The van der Waals surface area contributed by atoms with Crippen molar-refractivity contribution in [2.45, 2.75) is 6.42 Å². The number of ether oxygens (including phenoxy) is 1. The van der Waals surface area contributed by atoms with Gasteiger partial charge in [0, 0.05) is 12.1 Å². The van der Waals surface area contributed by atoms with E-state index in [9.17, 15) is 9.59 Å². The Hall–Kier alpha value is -2.86. The fourth-order valence-corrected chi connectivity index (χ4v) is 2.54. The predicted octanol–water partition coefficient (Wildman–Crippen LogP) is 1.77. The summed E-state index contributed by atoms with van der Waals surface area (Å²) in [5.41, 5.74) is 3.51. The molecule has 0 spiro atoms. The standard InChI is InChI=1S/C17H16N2O4/c20-16-11-23-15-7-6-13(17(21)18-22)10-14(15)19(16)9-8-12-4-2-1-3-5-12/h1-7,10,22H,8-9,11H2,(H,18,21). The smallest absolute Gasteiger partial charge is 0.274 e. The van der Waals surface area contributed by atoms with Crippen LogP contribution in [0.25, 0.3) is 0 Å². The van der Waals surface area contributed by atoms with Gasteiger partial charge in [-0.05, 0) is 30.2 Å². The number of carbonyl (C=O) groups is 2. The highest BCUT2D eigenvalue weighted by Crippen LogP contribution is 2.33. The highest BCUT2D eigenvalue weighted by atomic mass is 16.5. The third kappa shape index (κ3) is 3.17. The van der Waals surface area contributed by atoms with Gasteiger partial charge >= 0.3 is 0 Å². The van der Waals surface area contributed by atoms with Gasteiger partial charge in [0.1, 0.15) is 5.75 Å². The lowest BCUT2D eigenvalue weighted by Gasteiger charge is -2.29. The number of carbonyl (C=O) groups excluding carboxylic acids is 2. The van der Waals surface area contributed by atoms with E-state index in [1.54, 1.807) is 22.5 Å². The number of nitrogens with zero attached hydrogens (tertiary/aromatic N) is 1. The molecule has 0 bridgehead atoms. The molecule has 3 rings (SSSR count). The second-order valence-corrected chi connectivity index (χ2v) is 5.19. The Morgan fingerprint density at radius 1 is 1.22 bits per heavy atom. The molecule has 2 N–H and O–H groups in total. The maximum atomic E-state index is 12.2. The first-order valence-corrected chi connectivity index (χ1v) is 7.24. The van der Waals surface area contributed by atoms with Crippen molar-refractivity contribution in [2.24, 2.45) is 0 Å². The van der Waals surface area contributed by atoms with Gasteiger partial charge in [0.15, 0.2) is 6.61 Å². The second kappa shape index (κ2) is 6.50. The fourth-order valence-electron chi connectivity index (χ4n) is 2.54. The van der Waals surface area contributed by atoms with Gasteiger partial charge in [-0.2, -0.15) is 0 Å². The monoisotopic (exact) mass is 312 g/mol. The molecule has 2 aromatic rings. The summed E-state index contributed by atoms with van der Waals surface area (Å²) in [5.74, 6) is -0.240. The van der Waals surface area contributed by atoms with E-state index in [-0.39, 0.29) is 18.1 Å². The van der Waals surface area contributed by atoms with Gasteiger partial charge < -0.3 is 9.64 Å². The van der Waals surface area contributed by atoms with Gasteiger partial charge in [-0.15, -0.1) is 0 Å². The summed E-state index contributed by atoms with van der Waals surface area (Å²) in [6.45, 7) is 0.469. The van der Waals surface area contributed by atoms with Gasteiger partial charge in [-0.1, -0.05) is 30.3 Å². The summed E-state index contributed by atoms with van der Waals surface area (Å²) in [7, 11) is 0. The average molecular weight is 312 g/mol. The summed E-state index contributed by atoms with van der Waals surface area (Å²) in [6.07, 6.45) is 0.697. The van der Waals surface area contributed by atoms with Gasteiger partial charge in [-0.25, -0.2) is 5.48 Å². The molecule has 1 aliphatic heterocycles. The van der Waals surface area contributed by atoms with Crippen LogP contribution in [-0.4, -0.2) is 30.2 Å². The Morgan fingerprint density at radius 3 is 2.74 bits per heavy atom. The van der Waals surface area contributed by atoms with Crippen LogP contribution in [0.5, 0.6) is 5.75 Å². The molecule has 0 saturated carbocycles. The quantitative estimate of drug-likeness (QED) is 0.666. The highest BCUT2D eigenvalue weighted by Gasteiger charge is 2.26. The fraction of sp³-hybridized carbons (Fsp3) is 0.176. The second-order valence-electron chi connectivity index (χ2n) is 5.19. The minimum atomic E-state index is -0.631. The molecule has 118 valence electrons. The number of benzene rings is 2. The SMILES string of the molecule is O=C(NO)c1ccc2c(c1)N(CCc1ccccc1)C(=O)CO2. The zero-order valence-corrected chi connectivity index (χ0v) is 12.4. The third-order valence-electron chi connectivity index (χ3n) is 3.73. The maximum absolute atomic E-state index is 12.2. The molecule has 0 atom stereocenters. The van der Waals surface area contributed by atoms with Crippen LogP contribution in [0.15, 0.2) is 48.5 Å². The molecular formula is C17H16N2O4. The molecule has 0 fully saturated rings. The largest absolute Gasteiger partial charge is 0.482 e. The Kier molecular flexibility index (Phi) is 4.25. The zero-order chi connectivity index (χ0) is 16.2. The van der Waals surface area contributed by atoms with Crippen LogP contribution in [0.3, 0.4) is 0 Å². The first kappa shape index (κ1) is 15.1. The van der Waals surface area contributed by atoms with E-state index in [0.29, 0.717) is 24.4 Å². The van der Waals surface area contributed by atoms with Crippen molar-refractivity contribution in [3.05, 3.63) is 59.7 Å². The minimum Gasteiger partial charge on any atom is -0.482 e. The van der Waals surface area contributed by atoms with Gasteiger partial charge in [0.05, 0.1) is 5.69 Å². The molecule has 1 heterocycles. The van der Waals surface area contributed by atoms with Gasteiger partial charge in [-0.3, -0.25) is 14.8 Å². The van der Waals surface area contributed by atoms with Crippen molar-refractivity contribution < 1.29 is 19.5 Å². The van der Waals surface area contributed by atoms with Crippen molar-refractivity contribution in [1.82, 2.24) is 5.48 Å². The van der Waals surface area contributed by atoms with Gasteiger partial charge in [0.2, 0.25) is 0 Å². The highest BCUT2D eigenvalue weighted by molar-refractivity contribution is 6.01. The third-order valence-corrected chi connectivity index (χ3v) is 3.73. The first-order chi connectivity index (χ1) is 11.2. The number of amides is 2. The Morgan fingerprint density at radius 2 is 2.00 bits per heavy atom. The van der Waals surface area contributed by atoms with Crippen LogP contribution in [0.1, 0.15) is 15.9 Å². The summed E-state index contributed by atoms with van der Waals surface area (Å²) in [6, 6.07) is 14.6. The van der Waals surface area contributed by atoms with Gasteiger partial charge in [0.25, 0.3) is 11.8 Å². The number of anilines is 1. The molecule has 2 aromatic carbocycles. The summed E-state index contributed by atoms with van der Waals surface area (Å²) >= 11 is 0. The molecule has 2 amide bonds. The lowest BCUT2D eigenvalue weighted by Crippen LogP contribution is -2.40. The average Bonchev–Trinajstić information content (AvgIpc) is 2.60. The Balaban J connectivity index is 1.86. The van der Waals surface area contributed by atoms with E-state index in [2.05, 4.69) is 0 Å². The molecule has 0 unspecified atom stereocenters. The minimum absolute atomic E-state index is 0.0205. The maximum Gasteiger partial charge on any atom is 0.274 e. The molecule has 0 aliphatic carbocycles. The van der Waals surface area contributed by atoms with Crippen molar-refractivity contribution in [3.8, 4) is 5.75 Å². The van der Waals surface area contributed by atoms with E-state index in [1.165, 1.54) is 6.07 Å². The first-order valence-electron chi connectivity index (χ1n) is 7.24.